The first-order valence-electron chi connectivity index (χ1n) is 6.63. The molecule has 2 rings (SSSR count). The molecule has 0 unspecified atom stereocenters. The molecule has 7 heteroatoms. The number of esters is 1. The molecule has 120 valence electrons. The van der Waals surface area contributed by atoms with Crippen LogP contribution in [0.3, 0.4) is 0 Å². The van der Waals surface area contributed by atoms with E-state index in [0.717, 1.165) is 0 Å². The van der Waals surface area contributed by atoms with E-state index < -0.39 is 18.0 Å². The van der Waals surface area contributed by atoms with Crippen molar-refractivity contribution in [1.29, 1.82) is 0 Å². The number of anilines is 1. The molecule has 2 N–H and O–H groups in total. The minimum Gasteiger partial charge on any atom is -0.508 e. The predicted octanol–water partition coefficient (Wildman–Crippen LogP) is 3.88. The van der Waals surface area contributed by atoms with E-state index in [1.54, 1.807) is 18.2 Å². The number of para-hydroxylation sites is 1. The van der Waals surface area contributed by atoms with Crippen molar-refractivity contribution >= 4 is 40.8 Å². The second-order valence-corrected chi connectivity index (χ2v) is 5.50. The third-order valence-corrected chi connectivity index (χ3v) is 3.58. The fraction of sp³-hybridized carbons (Fsp3) is 0.125. The molecule has 1 amide bonds. The van der Waals surface area contributed by atoms with Gasteiger partial charge in [-0.1, -0.05) is 35.3 Å². The molecule has 23 heavy (non-hydrogen) atoms. The first kappa shape index (κ1) is 17.1. The molecule has 0 aliphatic rings. The lowest BCUT2D eigenvalue weighted by atomic mass is 10.2. The lowest BCUT2D eigenvalue weighted by Crippen LogP contribution is -2.30. The number of rotatable bonds is 4. The van der Waals surface area contributed by atoms with Crippen LogP contribution in [0.4, 0.5) is 5.69 Å². The zero-order valence-corrected chi connectivity index (χ0v) is 13.6. The quantitative estimate of drug-likeness (QED) is 0.817. The van der Waals surface area contributed by atoms with Crippen LogP contribution in [0.25, 0.3) is 0 Å². The van der Waals surface area contributed by atoms with Gasteiger partial charge in [0.2, 0.25) is 0 Å². The van der Waals surface area contributed by atoms with E-state index in [1.165, 1.54) is 31.2 Å². The minimum atomic E-state index is -1.07. The first-order valence-corrected chi connectivity index (χ1v) is 7.39. The zero-order chi connectivity index (χ0) is 17.0. The Morgan fingerprint density at radius 1 is 1.13 bits per heavy atom. The maximum atomic E-state index is 12.1. The van der Waals surface area contributed by atoms with Crippen LogP contribution in [0, 0.1) is 0 Å². The van der Waals surface area contributed by atoms with Gasteiger partial charge in [-0.05, 0) is 37.3 Å². The fourth-order valence-corrected chi connectivity index (χ4v) is 2.25. The number of carbonyl (C=O) groups is 2. The van der Waals surface area contributed by atoms with Crippen molar-refractivity contribution in [2.45, 2.75) is 13.0 Å². The lowest BCUT2D eigenvalue weighted by Gasteiger charge is -2.15. The number of carbonyl (C=O) groups excluding carboxylic acids is 2. The number of phenolic OH excluding ortho intramolecular Hbond substituents is 1. The molecule has 0 bridgehead atoms. The SMILES string of the molecule is C[C@H](OC(=O)c1cccc(O)c1)C(=O)Nc1c(Cl)cccc1Cl. The molecule has 0 saturated carbocycles. The Labute approximate surface area is 142 Å². The van der Waals surface area contributed by atoms with E-state index in [0.29, 0.717) is 0 Å². The normalized spacial score (nSPS) is 11.6. The maximum absolute atomic E-state index is 12.1. The van der Waals surface area contributed by atoms with Gasteiger partial charge >= 0.3 is 5.97 Å². The highest BCUT2D eigenvalue weighted by molar-refractivity contribution is 6.39. The number of nitrogens with one attached hydrogen (secondary N) is 1. The van der Waals surface area contributed by atoms with Gasteiger partial charge in [-0.25, -0.2) is 4.79 Å². The van der Waals surface area contributed by atoms with Gasteiger partial charge in [0.15, 0.2) is 6.10 Å². The fourth-order valence-electron chi connectivity index (χ4n) is 1.76. The summed E-state index contributed by atoms with van der Waals surface area (Å²) < 4.78 is 5.06. The van der Waals surface area contributed by atoms with Gasteiger partial charge in [0.05, 0.1) is 21.3 Å². The van der Waals surface area contributed by atoms with Crippen molar-refractivity contribution in [3.8, 4) is 5.75 Å². The van der Waals surface area contributed by atoms with Crippen LogP contribution in [0.2, 0.25) is 10.0 Å². The summed E-state index contributed by atoms with van der Waals surface area (Å²) >= 11 is 11.9. The molecule has 0 heterocycles. The topological polar surface area (TPSA) is 75.6 Å². The Hall–Kier alpha value is -2.24. The Morgan fingerprint density at radius 2 is 1.74 bits per heavy atom. The van der Waals surface area contributed by atoms with Gasteiger partial charge in [0, 0.05) is 0 Å². The first-order chi connectivity index (χ1) is 10.9. The third-order valence-electron chi connectivity index (χ3n) is 2.95. The average molecular weight is 354 g/mol. The van der Waals surface area contributed by atoms with Gasteiger partial charge in [0.25, 0.3) is 5.91 Å². The Kier molecular flexibility index (Phi) is 5.47. The van der Waals surface area contributed by atoms with Crippen molar-refractivity contribution in [1.82, 2.24) is 0 Å². The van der Waals surface area contributed by atoms with Crippen molar-refractivity contribution < 1.29 is 19.4 Å². The number of hydrogen-bond acceptors (Lipinski definition) is 4. The van der Waals surface area contributed by atoms with Gasteiger partial charge < -0.3 is 15.2 Å². The summed E-state index contributed by atoms with van der Waals surface area (Å²) in [6.45, 7) is 1.42. The van der Waals surface area contributed by atoms with Crippen LogP contribution in [-0.2, 0) is 9.53 Å². The van der Waals surface area contributed by atoms with Crippen LogP contribution in [0.15, 0.2) is 42.5 Å². The summed E-state index contributed by atoms with van der Waals surface area (Å²) in [4.78, 5) is 24.0. The second kappa shape index (κ2) is 7.35. The van der Waals surface area contributed by atoms with Crippen molar-refractivity contribution in [3.05, 3.63) is 58.1 Å². The lowest BCUT2D eigenvalue weighted by molar-refractivity contribution is -0.123. The summed E-state index contributed by atoms with van der Waals surface area (Å²) in [5.41, 5.74) is 0.390. The Bertz CT molecular complexity index is 728. The molecule has 0 aromatic heterocycles. The summed E-state index contributed by atoms with van der Waals surface area (Å²) in [6.07, 6.45) is -1.07. The highest BCUT2D eigenvalue weighted by Crippen LogP contribution is 2.30. The summed E-state index contributed by atoms with van der Waals surface area (Å²) in [7, 11) is 0. The molecule has 0 saturated heterocycles. The molecule has 2 aromatic rings. The van der Waals surface area contributed by atoms with E-state index in [-0.39, 0.29) is 27.0 Å². The monoisotopic (exact) mass is 353 g/mol. The highest BCUT2D eigenvalue weighted by Gasteiger charge is 2.20. The number of amides is 1. The average Bonchev–Trinajstić information content (AvgIpc) is 2.50. The van der Waals surface area contributed by atoms with Crippen LogP contribution in [-0.4, -0.2) is 23.1 Å². The van der Waals surface area contributed by atoms with Gasteiger partial charge in [-0.2, -0.15) is 0 Å². The summed E-state index contributed by atoms with van der Waals surface area (Å²) in [5.74, 6) is -1.37. The number of hydrogen-bond donors (Lipinski definition) is 2. The highest BCUT2D eigenvalue weighted by atomic mass is 35.5. The van der Waals surface area contributed by atoms with E-state index in [9.17, 15) is 14.7 Å². The number of phenols is 1. The number of halogens is 2. The van der Waals surface area contributed by atoms with Crippen LogP contribution in [0.1, 0.15) is 17.3 Å². The van der Waals surface area contributed by atoms with Gasteiger partial charge in [-0.3, -0.25) is 4.79 Å². The van der Waals surface area contributed by atoms with E-state index in [1.807, 2.05) is 0 Å². The molecule has 0 aliphatic heterocycles. The van der Waals surface area contributed by atoms with Crippen LogP contribution >= 0.6 is 23.2 Å². The molecule has 0 aliphatic carbocycles. The van der Waals surface area contributed by atoms with Gasteiger partial charge in [-0.15, -0.1) is 0 Å². The number of aromatic hydroxyl groups is 1. The molecule has 0 radical (unpaired) electrons. The Morgan fingerprint density at radius 3 is 2.35 bits per heavy atom. The van der Waals surface area contributed by atoms with E-state index in [2.05, 4.69) is 5.32 Å². The van der Waals surface area contributed by atoms with Crippen LogP contribution in [0.5, 0.6) is 5.75 Å². The Balaban J connectivity index is 2.04. The standard InChI is InChI=1S/C16H13Cl2NO4/c1-9(23-16(22)10-4-2-5-11(20)8-10)15(21)19-14-12(17)6-3-7-13(14)18/h2-9,20H,1H3,(H,19,21)/t9-/m0/s1. The van der Waals surface area contributed by atoms with Gasteiger partial charge in [0.1, 0.15) is 5.75 Å². The molecular formula is C16H13Cl2NO4. The van der Waals surface area contributed by atoms with Crippen molar-refractivity contribution in [2.75, 3.05) is 5.32 Å². The van der Waals surface area contributed by atoms with Crippen molar-refractivity contribution in [2.24, 2.45) is 0 Å². The second-order valence-electron chi connectivity index (χ2n) is 4.68. The zero-order valence-electron chi connectivity index (χ0n) is 12.0. The molecular weight excluding hydrogens is 341 g/mol. The van der Waals surface area contributed by atoms with Crippen LogP contribution < -0.4 is 5.32 Å². The molecule has 0 spiro atoms. The smallest absolute Gasteiger partial charge is 0.339 e. The minimum absolute atomic E-state index is 0.0700. The third kappa shape index (κ3) is 4.37. The van der Waals surface area contributed by atoms with Crippen molar-refractivity contribution in [3.63, 3.8) is 0 Å². The number of benzene rings is 2. The predicted molar refractivity (Wildman–Crippen MR) is 88.1 cm³/mol. The maximum Gasteiger partial charge on any atom is 0.339 e. The molecule has 0 fully saturated rings. The molecule has 5 nitrogen and oxygen atoms in total. The molecule has 1 atom stereocenters. The summed E-state index contributed by atoms with van der Waals surface area (Å²) in [6, 6.07) is 10.4. The molecule has 2 aromatic carbocycles. The van der Waals surface area contributed by atoms with E-state index in [4.69, 9.17) is 27.9 Å². The largest absolute Gasteiger partial charge is 0.508 e. The summed E-state index contributed by atoms with van der Waals surface area (Å²) in [5, 5.41) is 12.4. The number of ether oxygens (including phenoxy) is 1. The van der Waals surface area contributed by atoms with E-state index >= 15 is 0 Å².